The molecule has 182 valence electrons. The lowest BCUT2D eigenvalue weighted by atomic mass is 10.0. The molecule has 5 aromatic carbocycles. The molecule has 3 nitrogen and oxygen atoms in total. The van der Waals surface area contributed by atoms with Crippen molar-refractivity contribution in [3.63, 3.8) is 0 Å². The van der Waals surface area contributed by atoms with Crippen LogP contribution in [-0.2, 0) is 0 Å². The lowest BCUT2D eigenvalue weighted by Crippen LogP contribution is -1.97. The van der Waals surface area contributed by atoms with Crippen molar-refractivity contribution in [2.45, 2.75) is 0 Å². The van der Waals surface area contributed by atoms with Gasteiger partial charge in [0.05, 0.1) is 16.4 Å². The van der Waals surface area contributed by atoms with Gasteiger partial charge in [0.2, 0.25) is 0 Å². The van der Waals surface area contributed by atoms with Gasteiger partial charge in [-0.2, -0.15) is 0 Å². The highest BCUT2D eigenvalue weighted by Crippen LogP contribution is 2.41. The predicted molar refractivity (Wildman–Crippen MR) is 164 cm³/mol. The Morgan fingerprint density at radius 2 is 1.33 bits per heavy atom. The van der Waals surface area contributed by atoms with Crippen molar-refractivity contribution in [1.82, 2.24) is 9.55 Å². The SMILES string of the molecule is c1ccc2c(c1)oc1ccc3c4ccccc4n(-c4ccc(-c5ccc6sc7ccccc7c6c5)cn4)c3c12. The normalized spacial score (nSPS) is 12.1. The number of hydrogen-bond acceptors (Lipinski definition) is 3. The Kier molecular flexibility index (Phi) is 4.21. The van der Waals surface area contributed by atoms with Crippen molar-refractivity contribution in [2.75, 3.05) is 0 Å². The van der Waals surface area contributed by atoms with Gasteiger partial charge < -0.3 is 4.42 Å². The molecule has 0 unspecified atom stereocenters. The van der Waals surface area contributed by atoms with Crippen LogP contribution in [0, 0.1) is 0 Å². The number of para-hydroxylation sites is 2. The highest BCUT2D eigenvalue weighted by atomic mass is 32.1. The summed E-state index contributed by atoms with van der Waals surface area (Å²) in [5.74, 6) is 0.893. The number of nitrogens with zero attached hydrogens (tertiary/aromatic N) is 2. The van der Waals surface area contributed by atoms with E-state index in [-0.39, 0.29) is 0 Å². The minimum absolute atomic E-state index is 0.890. The molecule has 0 aliphatic heterocycles. The zero-order valence-corrected chi connectivity index (χ0v) is 21.6. The molecule has 4 heterocycles. The molecule has 4 heteroatoms. The molecule has 0 atom stereocenters. The van der Waals surface area contributed by atoms with Gasteiger partial charge in [0.1, 0.15) is 17.0 Å². The smallest absolute Gasteiger partial charge is 0.137 e. The summed E-state index contributed by atoms with van der Waals surface area (Å²) in [6, 6.07) is 40.8. The second-order valence-corrected chi connectivity index (χ2v) is 11.1. The third-order valence-electron chi connectivity index (χ3n) is 7.86. The van der Waals surface area contributed by atoms with Gasteiger partial charge in [-0.15, -0.1) is 11.3 Å². The second-order valence-electron chi connectivity index (χ2n) is 10.00. The van der Waals surface area contributed by atoms with E-state index >= 15 is 0 Å². The van der Waals surface area contributed by atoms with Crippen LogP contribution in [0.15, 0.2) is 126 Å². The highest BCUT2D eigenvalue weighted by molar-refractivity contribution is 7.25. The summed E-state index contributed by atoms with van der Waals surface area (Å²) in [6.07, 6.45) is 2.00. The van der Waals surface area contributed by atoms with E-state index in [0.717, 1.165) is 44.4 Å². The predicted octanol–water partition coefficient (Wildman–Crippen LogP) is 10.1. The van der Waals surface area contributed by atoms with E-state index in [0.29, 0.717) is 0 Å². The molecule has 0 saturated carbocycles. The van der Waals surface area contributed by atoms with E-state index in [1.807, 2.05) is 29.7 Å². The number of benzene rings is 5. The van der Waals surface area contributed by atoms with Crippen LogP contribution in [0.2, 0.25) is 0 Å². The largest absolute Gasteiger partial charge is 0.456 e. The van der Waals surface area contributed by atoms with Crippen molar-refractivity contribution >= 4 is 75.3 Å². The topological polar surface area (TPSA) is 31.0 Å². The molecule has 0 radical (unpaired) electrons. The van der Waals surface area contributed by atoms with Gasteiger partial charge in [-0.1, -0.05) is 60.7 Å². The van der Waals surface area contributed by atoms with Crippen LogP contribution >= 0.6 is 11.3 Å². The third kappa shape index (κ3) is 2.95. The van der Waals surface area contributed by atoms with Crippen molar-refractivity contribution < 1.29 is 4.42 Å². The number of rotatable bonds is 2. The number of pyridine rings is 1. The van der Waals surface area contributed by atoms with Gasteiger partial charge >= 0.3 is 0 Å². The van der Waals surface area contributed by atoms with Crippen LogP contribution < -0.4 is 0 Å². The van der Waals surface area contributed by atoms with E-state index in [4.69, 9.17) is 9.40 Å². The quantitative estimate of drug-likeness (QED) is 0.229. The fourth-order valence-corrected chi connectivity index (χ4v) is 7.18. The minimum Gasteiger partial charge on any atom is -0.456 e. The number of hydrogen-bond donors (Lipinski definition) is 0. The fourth-order valence-electron chi connectivity index (χ4n) is 6.10. The molecular formula is C35H20N2OS. The van der Waals surface area contributed by atoms with Crippen LogP contribution in [0.5, 0.6) is 0 Å². The molecule has 0 aliphatic rings. The number of fused-ring (bicyclic) bond motifs is 10. The Morgan fingerprint density at radius 3 is 2.23 bits per heavy atom. The highest BCUT2D eigenvalue weighted by Gasteiger charge is 2.19. The maximum Gasteiger partial charge on any atom is 0.137 e. The van der Waals surface area contributed by atoms with Gasteiger partial charge in [0, 0.05) is 48.1 Å². The monoisotopic (exact) mass is 516 g/mol. The molecule has 0 fully saturated rings. The molecule has 0 N–H and O–H groups in total. The summed E-state index contributed by atoms with van der Waals surface area (Å²) in [4.78, 5) is 5.03. The lowest BCUT2D eigenvalue weighted by molar-refractivity contribution is 0.669. The lowest BCUT2D eigenvalue weighted by Gasteiger charge is -2.09. The summed E-state index contributed by atoms with van der Waals surface area (Å²) in [5.41, 5.74) is 6.34. The van der Waals surface area contributed by atoms with Crippen molar-refractivity contribution in [2.24, 2.45) is 0 Å². The summed E-state index contributed by atoms with van der Waals surface area (Å²) in [7, 11) is 0. The number of thiophene rings is 1. The maximum absolute atomic E-state index is 6.25. The first kappa shape index (κ1) is 21.1. The zero-order valence-electron chi connectivity index (χ0n) is 20.8. The third-order valence-corrected chi connectivity index (χ3v) is 9.01. The first-order chi connectivity index (χ1) is 19.3. The van der Waals surface area contributed by atoms with Gasteiger partial charge in [-0.05, 0) is 60.2 Å². The molecule has 39 heavy (non-hydrogen) atoms. The standard InChI is InChI=1S/C35H20N2OS/c1-4-10-28-23(7-1)25-15-16-30-34(26-9-2-5-11-29(26)38-30)35(25)37(28)33-18-14-22(20-36-33)21-13-17-32-27(19-21)24-8-3-6-12-31(24)39-32/h1-20H. The first-order valence-electron chi connectivity index (χ1n) is 13.0. The van der Waals surface area contributed by atoms with E-state index in [9.17, 15) is 0 Å². The zero-order chi connectivity index (χ0) is 25.5. The molecule has 0 aliphatic carbocycles. The van der Waals surface area contributed by atoms with Gasteiger partial charge in [0.15, 0.2) is 0 Å². The van der Waals surface area contributed by atoms with E-state index in [1.165, 1.54) is 36.5 Å². The van der Waals surface area contributed by atoms with E-state index in [2.05, 4.69) is 108 Å². The molecule has 0 saturated heterocycles. The number of furan rings is 1. The van der Waals surface area contributed by atoms with Crippen LogP contribution in [0.3, 0.4) is 0 Å². The van der Waals surface area contributed by atoms with Crippen molar-refractivity contribution in [3.8, 4) is 16.9 Å². The van der Waals surface area contributed by atoms with Crippen LogP contribution in [0.1, 0.15) is 0 Å². The summed E-state index contributed by atoms with van der Waals surface area (Å²) in [6.45, 7) is 0. The van der Waals surface area contributed by atoms with Crippen LogP contribution in [-0.4, -0.2) is 9.55 Å². The van der Waals surface area contributed by atoms with Crippen LogP contribution in [0.4, 0.5) is 0 Å². The number of aromatic nitrogens is 2. The summed E-state index contributed by atoms with van der Waals surface area (Å²) in [5, 5.41) is 7.26. The molecule has 0 spiro atoms. The van der Waals surface area contributed by atoms with Gasteiger partial charge in [-0.25, -0.2) is 4.98 Å². The van der Waals surface area contributed by atoms with Crippen molar-refractivity contribution in [1.29, 1.82) is 0 Å². The van der Waals surface area contributed by atoms with E-state index in [1.54, 1.807) is 0 Å². The minimum atomic E-state index is 0.890. The van der Waals surface area contributed by atoms with Gasteiger partial charge in [0.25, 0.3) is 0 Å². The molecular weight excluding hydrogens is 496 g/mol. The van der Waals surface area contributed by atoms with Crippen LogP contribution in [0.25, 0.3) is 80.9 Å². The Bertz CT molecular complexity index is 2390. The van der Waals surface area contributed by atoms with Crippen molar-refractivity contribution in [3.05, 3.63) is 121 Å². The molecule has 0 amide bonds. The molecule has 4 aromatic heterocycles. The average Bonchev–Trinajstić information content (AvgIpc) is 3.66. The second kappa shape index (κ2) is 7.79. The maximum atomic E-state index is 6.25. The Morgan fingerprint density at radius 1 is 0.564 bits per heavy atom. The Balaban J connectivity index is 1.28. The summed E-state index contributed by atoms with van der Waals surface area (Å²) < 4.78 is 11.2. The Labute approximate surface area is 227 Å². The Hall–Kier alpha value is -4.93. The first-order valence-corrected chi connectivity index (χ1v) is 13.9. The van der Waals surface area contributed by atoms with E-state index < -0.39 is 0 Å². The molecule has 9 rings (SSSR count). The fraction of sp³-hybridized carbons (Fsp3) is 0. The average molecular weight is 517 g/mol. The molecule has 9 aromatic rings. The van der Waals surface area contributed by atoms with Gasteiger partial charge in [-0.3, -0.25) is 4.57 Å². The summed E-state index contributed by atoms with van der Waals surface area (Å²) >= 11 is 1.84. The molecule has 0 bridgehead atoms.